The maximum absolute atomic E-state index is 13.0. The summed E-state index contributed by atoms with van der Waals surface area (Å²) in [6.45, 7) is 1.94. The minimum atomic E-state index is 0.0646. The second-order valence-corrected chi connectivity index (χ2v) is 6.70. The molecule has 3 rings (SSSR count). The largest absolute Gasteiger partial charge is 0.493 e. The van der Waals surface area contributed by atoms with Gasteiger partial charge in [-0.25, -0.2) is 0 Å². The van der Waals surface area contributed by atoms with Crippen molar-refractivity contribution in [3.05, 3.63) is 23.3 Å². The van der Waals surface area contributed by atoms with E-state index in [-0.39, 0.29) is 5.91 Å². The summed E-state index contributed by atoms with van der Waals surface area (Å²) in [5.41, 5.74) is 1.60. The lowest BCUT2D eigenvalue weighted by atomic mass is 9.97. The van der Waals surface area contributed by atoms with E-state index in [1.807, 2.05) is 24.9 Å². The van der Waals surface area contributed by atoms with E-state index < -0.39 is 0 Å². The van der Waals surface area contributed by atoms with Gasteiger partial charge in [0.2, 0.25) is 0 Å². The van der Waals surface area contributed by atoms with Gasteiger partial charge < -0.3 is 19.7 Å². The summed E-state index contributed by atoms with van der Waals surface area (Å²) in [7, 11) is 5.12. The van der Waals surface area contributed by atoms with Crippen LogP contribution in [0.3, 0.4) is 0 Å². The number of nitrogens with one attached hydrogen (secondary N) is 1. The Balaban J connectivity index is 1.82. The van der Waals surface area contributed by atoms with Crippen LogP contribution < -0.4 is 14.8 Å². The third-order valence-electron chi connectivity index (χ3n) is 5.28. The summed E-state index contributed by atoms with van der Waals surface area (Å²) in [4.78, 5) is 14.9. The molecule has 5 heteroatoms. The smallest absolute Gasteiger partial charge is 0.254 e. The van der Waals surface area contributed by atoms with Crippen LogP contribution in [0, 0.1) is 6.92 Å². The van der Waals surface area contributed by atoms with Gasteiger partial charge in [0.15, 0.2) is 11.5 Å². The Morgan fingerprint density at radius 1 is 1.13 bits per heavy atom. The Bertz CT molecular complexity index is 590. The zero-order chi connectivity index (χ0) is 16.6. The molecule has 2 aliphatic heterocycles. The number of piperidine rings is 1. The average Bonchev–Trinajstić information content (AvgIpc) is 2.91. The monoisotopic (exact) mass is 318 g/mol. The Hall–Kier alpha value is -1.75. The van der Waals surface area contributed by atoms with Crippen LogP contribution >= 0.6 is 0 Å². The number of fused-ring (bicyclic) bond motifs is 2. The van der Waals surface area contributed by atoms with E-state index in [0.29, 0.717) is 35.2 Å². The van der Waals surface area contributed by atoms with Gasteiger partial charge in [-0.05, 0) is 50.3 Å². The van der Waals surface area contributed by atoms with Crippen molar-refractivity contribution in [1.29, 1.82) is 0 Å². The molecule has 0 saturated carbocycles. The Morgan fingerprint density at radius 2 is 1.70 bits per heavy atom. The first kappa shape index (κ1) is 16.1. The van der Waals surface area contributed by atoms with Crippen LogP contribution in [0.5, 0.6) is 11.5 Å². The maximum Gasteiger partial charge on any atom is 0.254 e. The highest BCUT2D eigenvalue weighted by Gasteiger charge is 2.36. The van der Waals surface area contributed by atoms with Gasteiger partial charge in [0.1, 0.15) is 0 Å². The minimum absolute atomic E-state index is 0.0646. The number of hydrogen-bond acceptors (Lipinski definition) is 4. The van der Waals surface area contributed by atoms with Gasteiger partial charge >= 0.3 is 0 Å². The van der Waals surface area contributed by atoms with Crippen molar-refractivity contribution >= 4 is 5.91 Å². The van der Waals surface area contributed by atoms with Crippen molar-refractivity contribution in [3.8, 4) is 11.5 Å². The van der Waals surface area contributed by atoms with Crippen molar-refractivity contribution in [2.75, 3.05) is 21.3 Å². The summed E-state index contributed by atoms with van der Waals surface area (Å²) in [6.07, 6.45) is 4.56. The molecule has 23 heavy (non-hydrogen) atoms. The van der Waals surface area contributed by atoms with E-state index in [0.717, 1.165) is 18.4 Å². The SMILES string of the molecule is COc1cc(C)c(C(=O)N(C)C2CC3CCC(C2)N3)cc1OC. The van der Waals surface area contributed by atoms with Gasteiger partial charge in [-0.15, -0.1) is 0 Å². The Morgan fingerprint density at radius 3 is 2.26 bits per heavy atom. The van der Waals surface area contributed by atoms with Gasteiger partial charge in [-0.3, -0.25) is 4.79 Å². The van der Waals surface area contributed by atoms with Crippen molar-refractivity contribution < 1.29 is 14.3 Å². The van der Waals surface area contributed by atoms with Crippen LogP contribution in [0.2, 0.25) is 0 Å². The van der Waals surface area contributed by atoms with Crippen LogP contribution in [0.4, 0.5) is 0 Å². The molecular formula is C18H26N2O3. The van der Waals surface area contributed by atoms with Gasteiger partial charge in [0.25, 0.3) is 5.91 Å². The predicted molar refractivity (Wildman–Crippen MR) is 89.3 cm³/mol. The molecule has 2 bridgehead atoms. The Kier molecular flexibility index (Phi) is 4.48. The normalized spacial score (nSPS) is 26.0. The molecule has 1 amide bonds. The topological polar surface area (TPSA) is 50.8 Å². The molecule has 2 fully saturated rings. The number of amides is 1. The average molecular weight is 318 g/mol. The second kappa shape index (κ2) is 6.40. The molecule has 2 unspecified atom stereocenters. The van der Waals surface area contributed by atoms with Crippen LogP contribution in [0.15, 0.2) is 12.1 Å². The van der Waals surface area contributed by atoms with Crippen molar-refractivity contribution in [2.45, 2.75) is 50.7 Å². The molecule has 5 nitrogen and oxygen atoms in total. The standard InChI is InChI=1S/C18H26N2O3/c1-11-7-16(22-3)17(23-4)10-15(11)18(21)20(2)14-8-12-5-6-13(9-14)19-12/h7,10,12-14,19H,5-6,8-9H2,1-4H3. The van der Waals surface area contributed by atoms with Crippen molar-refractivity contribution in [1.82, 2.24) is 10.2 Å². The first-order valence-corrected chi connectivity index (χ1v) is 8.29. The predicted octanol–water partition coefficient (Wildman–Crippen LogP) is 2.37. The maximum atomic E-state index is 13.0. The van der Waals surface area contributed by atoms with E-state index in [1.54, 1.807) is 20.3 Å². The second-order valence-electron chi connectivity index (χ2n) is 6.70. The van der Waals surface area contributed by atoms with E-state index in [1.165, 1.54) is 12.8 Å². The third-order valence-corrected chi connectivity index (χ3v) is 5.28. The third kappa shape index (κ3) is 3.02. The summed E-state index contributed by atoms with van der Waals surface area (Å²) in [5, 5.41) is 3.62. The number of hydrogen-bond donors (Lipinski definition) is 1. The van der Waals surface area contributed by atoms with E-state index in [2.05, 4.69) is 5.32 Å². The number of carbonyl (C=O) groups excluding carboxylic acids is 1. The molecule has 126 valence electrons. The lowest BCUT2D eigenvalue weighted by molar-refractivity contribution is 0.0680. The number of methoxy groups -OCH3 is 2. The van der Waals surface area contributed by atoms with Crippen LogP contribution in [0.1, 0.15) is 41.6 Å². The summed E-state index contributed by atoms with van der Waals surface area (Å²) < 4.78 is 10.7. The van der Waals surface area contributed by atoms with Crippen molar-refractivity contribution in [2.24, 2.45) is 0 Å². The Labute approximate surface area is 137 Å². The highest BCUT2D eigenvalue weighted by atomic mass is 16.5. The van der Waals surface area contributed by atoms with Crippen LogP contribution in [-0.4, -0.2) is 50.2 Å². The summed E-state index contributed by atoms with van der Waals surface area (Å²) >= 11 is 0. The van der Waals surface area contributed by atoms with E-state index in [4.69, 9.17) is 9.47 Å². The first-order valence-electron chi connectivity index (χ1n) is 8.29. The molecule has 0 radical (unpaired) electrons. The quantitative estimate of drug-likeness (QED) is 0.926. The molecule has 0 aliphatic carbocycles. The van der Waals surface area contributed by atoms with E-state index in [9.17, 15) is 4.79 Å². The number of carbonyl (C=O) groups is 1. The zero-order valence-electron chi connectivity index (χ0n) is 14.4. The highest BCUT2D eigenvalue weighted by Crippen LogP contribution is 2.33. The lowest BCUT2D eigenvalue weighted by Gasteiger charge is -2.36. The molecule has 1 N–H and O–H groups in total. The molecule has 0 aromatic heterocycles. The number of benzene rings is 1. The van der Waals surface area contributed by atoms with Crippen LogP contribution in [0.25, 0.3) is 0 Å². The molecule has 2 heterocycles. The molecule has 2 aliphatic rings. The number of rotatable bonds is 4. The summed E-state index contributed by atoms with van der Waals surface area (Å²) in [6, 6.07) is 5.11. The van der Waals surface area contributed by atoms with Gasteiger partial charge in [0.05, 0.1) is 14.2 Å². The molecule has 0 spiro atoms. The fourth-order valence-corrected chi connectivity index (χ4v) is 3.91. The van der Waals surface area contributed by atoms with Crippen molar-refractivity contribution in [3.63, 3.8) is 0 Å². The molecule has 2 saturated heterocycles. The zero-order valence-corrected chi connectivity index (χ0v) is 14.4. The lowest BCUT2D eigenvalue weighted by Crippen LogP contribution is -2.48. The number of ether oxygens (including phenoxy) is 2. The molecular weight excluding hydrogens is 292 g/mol. The van der Waals surface area contributed by atoms with Gasteiger partial charge in [0, 0.05) is 30.7 Å². The number of nitrogens with zero attached hydrogens (tertiary/aromatic N) is 1. The van der Waals surface area contributed by atoms with E-state index >= 15 is 0 Å². The first-order chi connectivity index (χ1) is 11.0. The molecule has 1 aromatic carbocycles. The minimum Gasteiger partial charge on any atom is -0.493 e. The molecule has 1 aromatic rings. The van der Waals surface area contributed by atoms with Crippen LogP contribution in [-0.2, 0) is 0 Å². The van der Waals surface area contributed by atoms with Gasteiger partial charge in [-0.1, -0.05) is 0 Å². The van der Waals surface area contributed by atoms with Gasteiger partial charge in [-0.2, -0.15) is 0 Å². The fourth-order valence-electron chi connectivity index (χ4n) is 3.91. The molecule has 2 atom stereocenters. The highest BCUT2D eigenvalue weighted by molar-refractivity contribution is 5.96. The summed E-state index contributed by atoms with van der Waals surface area (Å²) in [5.74, 6) is 1.32. The number of aryl methyl sites for hydroxylation is 1. The fraction of sp³-hybridized carbons (Fsp3) is 0.611.